The SMILES string of the molecule is C=C/C=c1/oc2c(-c3cc(-c4ccccc4-c4ccccc4)cc(-n4c5ccccc5c5cc6c(cc54)oc4ccccc46)c3)cccc2/c1=C/C. The Labute approximate surface area is 300 Å². The molecule has 0 unspecified atom stereocenters. The summed E-state index contributed by atoms with van der Waals surface area (Å²) in [5.41, 5.74) is 13.4. The number of allylic oxidation sites excluding steroid dienone is 1. The molecule has 3 aromatic heterocycles. The molecule has 0 aliphatic carbocycles. The maximum atomic E-state index is 6.63. The maximum absolute atomic E-state index is 6.63. The van der Waals surface area contributed by atoms with Gasteiger partial charge in [-0.15, -0.1) is 0 Å². The summed E-state index contributed by atoms with van der Waals surface area (Å²) in [5, 5.41) is 6.78. The van der Waals surface area contributed by atoms with Gasteiger partial charge in [-0.05, 0) is 77.2 Å². The third-order valence-corrected chi connectivity index (χ3v) is 10.3. The first kappa shape index (κ1) is 30.0. The van der Waals surface area contributed by atoms with E-state index >= 15 is 0 Å². The van der Waals surface area contributed by atoms with Crippen LogP contribution in [0, 0.1) is 0 Å². The molecule has 7 aromatic carbocycles. The summed E-state index contributed by atoms with van der Waals surface area (Å²) in [6, 6.07) is 54.1. The molecule has 0 N–H and O–H groups in total. The zero-order chi connectivity index (χ0) is 34.8. The molecule has 3 nitrogen and oxygen atoms in total. The van der Waals surface area contributed by atoms with Crippen LogP contribution in [0.4, 0.5) is 0 Å². The average Bonchev–Trinajstić information content (AvgIpc) is 3.85. The van der Waals surface area contributed by atoms with Crippen LogP contribution in [0.3, 0.4) is 0 Å². The topological polar surface area (TPSA) is 31.2 Å². The molecule has 0 saturated heterocycles. The monoisotopic (exact) mass is 667 g/mol. The summed E-state index contributed by atoms with van der Waals surface area (Å²) in [4.78, 5) is 0. The fourth-order valence-electron chi connectivity index (χ4n) is 8.03. The molecular formula is C49H33NO2. The second-order valence-corrected chi connectivity index (χ2v) is 13.2. The lowest BCUT2D eigenvalue weighted by Crippen LogP contribution is -2.18. The number of benzene rings is 7. The van der Waals surface area contributed by atoms with Crippen LogP contribution >= 0.6 is 0 Å². The van der Waals surface area contributed by atoms with Crippen LogP contribution in [0.5, 0.6) is 0 Å². The summed E-state index contributed by atoms with van der Waals surface area (Å²) in [7, 11) is 0. The van der Waals surface area contributed by atoms with E-state index in [4.69, 9.17) is 8.83 Å². The lowest BCUT2D eigenvalue weighted by molar-refractivity contribution is 0.576. The Hall–Kier alpha value is -6.84. The van der Waals surface area contributed by atoms with Crippen molar-refractivity contribution >= 4 is 66.9 Å². The average molecular weight is 668 g/mol. The van der Waals surface area contributed by atoms with Gasteiger partial charge in [0.05, 0.1) is 11.0 Å². The quantitative estimate of drug-likeness (QED) is 0.183. The molecular weight excluding hydrogens is 635 g/mol. The number of hydrogen-bond donors (Lipinski definition) is 0. The maximum Gasteiger partial charge on any atom is 0.143 e. The number of nitrogens with zero attached hydrogens (tertiary/aromatic N) is 1. The fraction of sp³-hybridized carbons (Fsp3) is 0.0204. The van der Waals surface area contributed by atoms with Gasteiger partial charge in [-0.1, -0.05) is 128 Å². The Morgan fingerprint density at radius 3 is 1.98 bits per heavy atom. The second-order valence-electron chi connectivity index (χ2n) is 13.2. The summed E-state index contributed by atoms with van der Waals surface area (Å²) < 4.78 is 15.5. The molecule has 0 atom stereocenters. The van der Waals surface area contributed by atoms with E-state index in [0.717, 1.165) is 82.5 Å². The predicted octanol–water partition coefficient (Wildman–Crippen LogP) is 12.2. The van der Waals surface area contributed by atoms with E-state index in [0.29, 0.717) is 0 Å². The van der Waals surface area contributed by atoms with Crippen molar-refractivity contribution in [1.29, 1.82) is 0 Å². The molecule has 0 spiro atoms. The van der Waals surface area contributed by atoms with Crippen LogP contribution in [0.25, 0.3) is 106 Å². The molecule has 3 heteroatoms. The van der Waals surface area contributed by atoms with Crippen LogP contribution in [-0.2, 0) is 0 Å². The third kappa shape index (κ3) is 4.60. The second kappa shape index (κ2) is 11.9. The lowest BCUT2D eigenvalue weighted by Gasteiger charge is -2.16. The van der Waals surface area contributed by atoms with Crippen molar-refractivity contribution in [3.8, 4) is 39.1 Å². The minimum absolute atomic E-state index is 0.808. The Bertz CT molecular complexity index is 3150. The Balaban J connectivity index is 1.32. The molecule has 52 heavy (non-hydrogen) atoms. The van der Waals surface area contributed by atoms with E-state index in [9.17, 15) is 0 Å². The summed E-state index contributed by atoms with van der Waals surface area (Å²) in [6.45, 7) is 6.00. The highest BCUT2D eigenvalue weighted by Crippen LogP contribution is 2.42. The number of fused-ring (bicyclic) bond motifs is 7. The highest BCUT2D eigenvalue weighted by Gasteiger charge is 2.19. The summed E-state index contributed by atoms with van der Waals surface area (Å²) in [5.74, 6) is 0. The lowest BCUT2D eigenvalue weighted by atomic mass is 9.91. The highest BCUT2D eigenvalue weighted by molar-refractivity contribution is 6.17. The normalized spacial score (nSPS) is 12.6. The predicted molar refractivity (Wildman–Crippen MR) is 218 cm³/mol. The Kier molecular flexibility index (Phi) is 6.87. The van der Waals surface area contributed by atoms with E-state index < -0.39 is 0 Å². The van der Waals surface area contributed by atoms with Gasteiger partial charge in [0, 0.05) is 49.5 Å². The molecule has 0 aliphatic heterocycles. The standard InChI is InChI=1S/C49H33NO2/c1-3-15-46-35(4-2)41-23-14-22-38(49(41)52-46)33-26-32(37-19-9-8-18-36(37)31-16-6-5-7-17-31)27-34(28-33)50-44-24-12-10-20-39(44)42-29-43-40-21-11-13-25-47(40)51-48(43)30-45(42)50/h3-30H,1H2,2H3/b35-4-,46-15+. The van der Waals surface area contributed by atoms with Gasteiger partial charge < -0.3 is 13.4 Å². The summed E-state index contributed by atoms with van der Waals surface area (Å²) in [6.07, 6.45) is 5.83. The molecule has 0 radical (unpaired) electrons. The van der Waals surface area contributed by atoms with Crippen LogP contribution in [0.2, 0.25) is 0 Å². The fourth-order valence-corrected chi connectivity index (χ4v) is 8.03. The van der Waals surface area contributed by atoms with Crippen molar-refractivity contribution in [2.75, 3.05) is 0 Å². The van der Waals surface area contributed by atoms with Gasteiger partial charge >= 0.3 is 0 Å². The zero-order valence-corrected chi connectivity index (χ0v) is 28.6. The van der Waals surface area contributed by atoms with Gasteiger partial charge in [-0.2, -0.15) is 0 Å². The van der Waals surface area contributed by atoms with E-state index in [-0.39, 0.29) is 0 Å². The molecule has 0 aliphatic rings. The van der Waals surface area contributed by atoms with Crippen LogP contribution in [0.15, 0.2) is 173 Å². The first-order valence-electron chi connectivity index (χ1n) is 17.7. The number of rotatable bonds is 5. The van der Waals surface area contributed by atoms with Crippen molar-refractivity contribution in [2.45, 2.75) is 6.92 Å². The minimum atomic E-state index is 0.808. The van der Waals surface area contributed by atoms with Crippen LogP contribution < -0.4 is 10.6 Å². The zero-order valence-electron chi connectivity index (χ0n) is 28.6. The van der Waals surface area contributed by atoms with Crippen molar-refractivity contribution < 1.29 is 8.83 Å². The molecule has 3 heterocycles. The van der Waals surface area contributed by atoms with Gasteiger partial charge in [0.15, 0.2) is 0 Å². The van der Waals surface area contributed by atoms with E-state index in [2.05, 4.69) is 164 Å². The van der Waals surface area contributed by atoms with Gasteiger partial charge in [-0.25, -0.2) is 0 Å². The van der Waals surface area contributed by atoms with Crippen molar-refractivity contribution in [3.63, 3.8) is 0 Å². The Morgan fingerprint density at radius 2 is 1.17 bits per heavy atom. The largest absolute Gasteiger partial charge is 0.456 e. The van der Waals surface area contributed by atoms with Gasteiger partial charge in [0.1, 0.15) is 22.2 Å². The van der Waals surface area contributed by atoms with Crippen LogP contribution in [-0.4, -0.2) is 4.57 Å². The number of para-hydroxylation sites is 3. The minimum Gasteiger partial charge on any atom is -0.456 e. The van der Waals surface area contributed by atoms with Crippen LogP contribution in [0.1, 0.15) is 6.92 Å². The van der Waals surface area contributed by atoms with Crippen molar-refractivity contribution in [3.05, 3.63) is 175 Å². The first-order valence-corrected chi connectivity index (χ1v) is 17.7. The van der Waals surface area contributed by atoms with Crippen molar-refractivity contribution in [2.24, 2.45) is 0 Å². The molecule has 0 amide bonds. The van der Waals surface area contributed by atoms with E-state index in [1.807, 2.05) is 18.2 Å². The first-order chi connectivity index (χ1) is 25.7. The van der Waals surface area contributed by atoms with Gasteiger partial charge in [0.25, 0.3) is 0 Å². The third-order valence-electron chi connectivity index (χ3n) is 10.3. The van der Waals surface area contributed by atoms with Crippen molar-refractivity contribution in [1.82, 2.24) is 4.57 Å². The number of furan rings is 2. The Morgan fingerprint density at radius 1 is 0.500 bits per heavy atom. The number of aromatic nitrogens is 1. The molecule has 10 rings (SSSR count). The molecule has 0 bridgehead atoms. The van der Waals surface area contributed by atoms with E-state index in [1.165, 1.54) is 21.9 Å². The molecule has 246 valence electrons. The molecule has 0 fully saturated rings. The molecule has 0 saturated carbocycles. The summed E-state index contributed by atoms with van der Waals surface area (Å²) >= 11 is 0. The molecule has 10 aromatic rings. The number of hydrogen-bond acceptors (Lipinski definition) is 2. The highest BCUT2D eigenvalue weighted by atomic mass is 16.3. The van der Waals surface area contributed by atoms with Gasteiger partial charge in [-0.3, -0.25) is 0 Å². The van der Waals surface area contributed by atoms with Gasteiger partial charge in [0.2, 0.25) is 0 Å². The smallest absolute Gasteiger partial charge is 0.143 e. The van der Waals surface area contributed by atoms with E-state index in [1.54, 1.807) is 6.08 Å².